The van der Waals surface area contributed by atoms with E-state index in [1.54, 1.807) is 18.2 Å². The zero-order chi connectivity index (χ0) is 14.5. The molecule has 1 aliphatic rings. The lowest BCUT2D eigenvalue weighted by Crippen LogP contribution is -2.38. The van der Waals surface area contributed by atoms with Crippen LogP contribution in [0.5, 0.6) is 0 Å². The standard InChI is InChI=1S/C15H21FN2O2/c16-13-4-2-1-3-12(13)14(19)9-18-11-7-5-10(6-8-11)15(17)20/h1-4,10-11,14,18-19H,5-9H2,(H2,17,20). The van der Waals surface area contributed by atoms with Crippen molar-refractivity contribution in [1.29, 1.82) is 0 Å². The summed E-state index contributed by atoms with van der Waals surface area (Å²) in [6.45, 7) is 0.312. The predicted molar refractivity (Wildman–Crippen MR) is 74.3 cm³/mol. The van der Waals surface area contributed by atoms with E-state index >= 15 is 0 Å². The number of hydrogen-bond acceptors (Lipinski definition) is 3. The first-order chi connectivity index (χ1) is 9.58. The van der Waals surface area contributed by atoms with E-state index in [0.717, 1.165) is 25.7 Å². The summed E-state index contributed by atoms with van der Waals surface area (Å²) in [5.74, 6) is -0.640. The van der Waals surface area contributed by atoms with Gasteiger partial charge in [0.1, 0.15) is 5.82 Å². The number of rotatable bonds is 5. The van der Waals surface area contributed by atoms with Crippen LogP contribution in [0.2, 0.25) is 0 Å². The Hall–Kier alpha value is -1.46. The van der Waals surface area contributed by atoms with Gasteiger partial charge in [0.05, 0.1) is 6.10 Å². The molecule has 1 aliphatic carbocycles. The number of hydrogen-bond donors (Lipinski definition) is 3. The largest absolute Gasteiger partial charge is 0.387 e. The third-order valence-corrected chi connectivity index (χ3v) is 3.99. The normalized spacial score (nSPS) is 24.3. The van der Waals surface area contributed by atoms with E-state index in [1.807, 2.05) is 0 Å². The van der Waals surface area contributed by atoms with E-state index in [9.17, 15) is 14.3 Å². The van der Waals surface area contributed by atoms with Crippen LogP contribution in [0.3, 0.4) is 0 Å². The molecule has 1 amide bonds. The number of halogens is 1. The highest BCUT2D eigenvalue weighted by Crippen LogP contribution is 2.24. The fourth-order valence-electron chi connectivity index (χ4n) is 2.72. The third-order valence-electron chi connectivity index (χ3n) is 3.99. The van der Waals surface area contributed by atoms with Gasteiger partial charge in [0.15, 0.2) is 0 Å². The summed E-state index contributed by atoms with van der Waals surface area (Å²) in [7, 11) is 0. The fourth-order valence-corrected chi connectivity index (χ4v) is 2.72. The van der Waals surface area contributed by atoms with Crippen LogP contribution in [0.1, 0.15) is 37.4 Å². The summed E-state index contributed by atoms with van der Waals surface area (Å²) >= 11 is 0. The molecule has 0 spiro atoms. The number of carbonyl (C=O) groups excluding carboxylic acids is 1. The molecule has 0 saturated heterocycles. The molecule has 1 unspecified atom stereocenters. The van der Waals surface area contributed by atoms with Crippen LogP contribution in [-0.4, -0.2) is 23.6 Å². The van der Waals surface area contributed by atoms with Gasteiger partial charge in [0.25, 0.3) is 0 Å². The zero-order valence-corrected chi connectivity index (χ0v) is 11.4. The van der Waals surface area contributed by atoms with Crippen LogP contribution in [0.25, 0.3) is 0 Å². The van der Waals surface area contributed by atoms with E-state index in [2.05, 4.69) is 5.32 Å². The molecule has 4 N–H and O–H groups in total. The molecule has 2 rings (SSSR count). The molecule has 0 aliphatic heterocycles. The Kier molecular flexibility index (Phi) is 5.09. The highest BCUT2D eigenvalue weighted by atomic mass is 19.1. The molecule has 110 valence electrons. The van der Waals surface area contributed by atoms with Gasteiger partial charge < -0.3 is 16.2 Å². The number of primary amides is 1. The Labute approximate surface area is 118 Å². The molecule has 4 nitrogen and oxygen atoms in total. The summed E-state index contributed by atoms with van der Waals surface area (Å²) in [5.41, 5.74) is 5.60. The number of aliphatic hydroxyl groups is 1. The molecule has 0 bridgehead atoms. The van der Waals surface area contributed by atoms with Crippen LogP contribution in [-0.2, 0) is 4.79 Å². The lowest BCUT2D eigenvalue weighted by molar-refractivity contribution is -0.122. The van der Waals surface area contributed by atoms with Gasteiger partial charge in [0, 0.05) is 24.1 Å². The Bertz CT molecular complexity index is 459. The Balaban J connectivity index is 1.79. The summed E-state index contributed by atoms with van der Waals surface area (Å²) in [6, 6.07) is 6.50. The number of nitrogens with one attached hydrogen (secondary N) is 1. The van der Waals surface area contributed by atoms with Crippen molar-refractivity contribution in [3.05, 3.63) is 35.6 Å². The zero-order valence-electron chi connectivity index (χ0n) is 11.4. The summed E-state index contributed by atoms with van der Waals surface area (Å²) in [6.07, 6.45) is 2.42. The van der Waals surface area contributed by atoms with E-state index in [0.29, 0.717) is 12.1 Å². The van der Waals surface area contributed by atoms with Gasteiger partial charge in [-0.2, -0.15) is 0 Å². The van der Waals surface area contributed by atoms with E-state index in [1.165, 1.54) is 6.07 Å². The number of aliphatic hydroxyl groups excluding tert-OH is 1. The Morgan fingerprint density at radius 3 is 2.60 bits per heavy atom. The summed E-state index contributed by atoms with van der Waals surface area (Å²) < 4.78 is 13.5. The van der Waals surface area contributed by atoms with Crippen molar-refractivity contribution in [3.8, 4) is 0 Å². The Morgan fingerprint density at radius 2 is 2.00 bits per heavy atom. The highest BCUT2D eigenvalue weighted by Gasteiger charge is 2.25. The average molecular weight is 280 g/mol. The van der Waals surface area contributed by atoms with Gasteiger partial charge in [-0.05, 0) is 31.7 Å². The first-order valence-corrected chi connectivity index (χ1v) is 7.03. The van der Waals surface area contributed by atoms with Gasteiger partial charge in [-0.1, -0.05) is 18.2 Å². The molecule has 1 fully saturated rings. The molecule has 0 heterocycles. The van der Waals surface area contributed by atoms with Crippen molar-refractivity contribution in [2.75, 3.05) is 6.54 Å². The Morgan fingerprint density at radius 1 is 1.35 bits per heavy atom. The SMILES string of the molecule is NC(=O)C1CCC(NCC(O)c2ccccc2F)CC1. The molecule has 5 heteroatoms. The van der Waals surface area contributed by atoms with Crippen LogP contribution in [0.15, 0.2) is 24.3 Å². The van der Waals surface area contributed by atoms with Crippen molar-refractivity contribution in [1.82, 2.24) is 5.32 Å². The maximum Gasteiger partial charge on any atom is 0.220 e. The first-order valence-electron chi connectivity index (χ1n) is 7.03. The topological polar surface area (TPSA) is 75.4 Å². The predicted octanol–water partition coefficient (Wildman–Crippen LogP) is 1.49. The average Bonchev–Trinajstić information content (AvgIpc) is 2.45. The van der Waals surface area contributed by atoms with E-state index in [4.69, 9.17) is 5.73 Å². The third kappa shape index (κ3) is 3.77. The minimum Gasteiger partial charge on any atom is -0.387 e. The van der Waals surface area contributed by atoms with Gasteiger partial charge in [-0.3, -0.25) is 4.79 Å². The molecular formula is C15H21FN2O2. The second-order valence-electron chi connectivity index (χ2n) is 5.40. The highest BCUT2D eigenvalue weighted by molar-refractivity contribution is 5.76. The van der Waals surface area contributed by atoms with Gasteiger partial charge in [0.2, 0.25) is 5.91 Å². The van der Waals surface area contributed by atoms with Crippen molar-refractivity contribution in [2.45, 2.75) is 37.8 Å². The molecule has 1 atom stereocenters. The summed E-state index contributed by atoms with van der Waals surface area (Å²) in [5, 5.41) is 13.2. The van der Waals surface area contributed by atoms with Crippen LogP contribution >= 0.6 is 0 Å². The maximum atomic E-state index is 13.5. The van der Waals surface area contributed by atoms with Crippen molar-refractivity contribution >= 4 is 5.91 Å². The van der Waals surface area contributed by atoms with Crippen molar-refractivity contribution in [2.24, 2.45) is 11.7 Å². The fraction of sp³-hybridized carbons (Fsp3) is 0.533. The second-order valence-corrected chi connectivity index (χ2v) is 5.40. The molecule has 0 radical (unpaired) electrons. The molecule has 0 aromatic heterocycles. The number of nitrogens with two attached hydrogens (primary N) is 1. The van der Waals surface area contributed by atoms with Gasteiger partial charge >= 0.3 is 0 Å². The quantitative estimate of drug-likeness (QED) is 0.765. The van der Waals surface area contributed by atoms with Crippen LogP contribution in [0.4, 0.5) is 4.39 Å². The maximum absolute atomic E-state index is 13.5. The lowest BCUT2D eigenvalue weighted by Gasteiger charge is -2.28. The van der Waals surface area contributed by atoms with Gasteiger partial charge in [-0.15, -0.1) is 0 Å². The van der Waals surface area contributed by atoms with Crippen LogP contribution in [0, 0.1) is 11.7 Å². The second kappa shape index (κ2) is 6.81. The monoisotopic (exact) mass is 280 g/mol. The van der Waals surface area contributed by atoms with E-state index in [-0.39, 0.29) is 23.7 Å². The minimum atomic E-state index is -0.856. The lowest BCUT2D eigenvalue weighted by atomic mass is 9.85. The molecular weight excluding hydrogens is 259 g/mol. The van der Waals surface area contributed by atoms with Crippen molar-refractivity contribution in [3.63, 3.8) is 0 Å². The minimum absolute atomic E-state index is 0.0236. The van der Waals surface area contributed by atoms with Crippen molar-refractivity contribution < 1.29 is 14.3 Å². The molecule has 1 aromatic rings. The smallest absolute Gasteiger partial charge is 0.220 e. The van der Waals surface area contributed by atoms with E-state index < -0.39 is 6.10 Å². The summed E-state index contributed by atoms with van der Waals surface area (Å²) in [4.78, 5) is 11.1. The van der Waals surface area contributed by atoms with Crippen LogP contribution < -0.4 is 11.1 Å². The molecule has 1 saturated carbocycles. The number of carbonyl (C=O) groups is 1. The number of benzene rings is 1. The molecule has 1 aromatic carbocycles. The molecule has 20 heavy (non-hydrogen) atoms. The van der Waals surface area contributed by atoms with Gasteiger partial charge in [-0.25, -0.2) is 4.39 Å². The number of amides is 1. The first kappa shape index (κ1) is 14.9.